The molecule has 61 heavy (non-hydrogen) atoms. The summed E-state index contributed by atoms with van der Waals surface area (Å²) >= 11 is 5.93. The van der Waals surface area contributed by atoms with Crippen molar-refractivity contribution in [3.8, 4) is 22.3 Å². The van der Waals surface area contributed by atoms with E-state index in [1.54, 1.807) is 0 Å². The summed E-state index contributed by atoms with van der Waals surface area (Å²) in [5.41, 5.74) is 15.5. The molecule has 0 bridgehead atoms. The number of anilines is 3. The van der Waals surface area contributed by atoms with E-state index in [9.17, 15) is 0 Å². The Kier molecular flexibility index (Phi) is 9.78. The monoisotopic (exact) mass is 845 g/mol. The lowest BCUT2D eigenvalue weighted by atomic mass is 9.39. The van der Waals surface area contributed by atoms with Crippen molar-refractivity contribution in [2.24, 2.45) is 0 Å². The highest BCUT2D eigenvalue weighted by Crippen LogP contribution is 2.49. The molecule has 10 rings (SSSR count). The van der Waals surface area contributed by atoms with Gasteiger partial charge in [-0.05, 0) is 114 Å². The van der Waals surface area contributed by atoms with Crippen molar-refractivity contribution in [3.63, 3.8) is 0 Å². The highest BCUT2D eigenvalue weighted by molar-refractivity contribution is 8.01. The van der Waals surface area contributed by atoms with Crippen LogP contribution in [0.5, 0.6) is 0 Å². The molecule has 0 unspecified atom stereocenters. The molecule has 0 saturated carbocycles. The molecule has 0 atom stereocenters. The van der Waals surface area contributed by atoms with Gasteiger partial charge < -0.3 is 4.90 Å². The molecule has 0 fully saturated rings. The van der Waals surface area contributed by atoms with Crippen molar-refractivity contribution < 1.29 is 0 Å². The van der Waals surface area contributed by atoms with Crippen molar-refractivity contribution in [1.29, 1.82) is 0 Å². The fourth-order valence-corrected chi connectivity index (χ4v) is 13.0. The molecule has 2 aliphatic rings. The van der Waals surface area contributed by atoms with Crippen molar-refractivity contribution in [1.82, 2.24) is 0 Å². The standard InChI is InChI=1S/C56H52BNS3/c1-54(2,3)38-20-25-41(26-21-38)58(42-27-22-39(23-28-42)55(4,5)6)46-34-48-45(33-43(46)36-18-14-11-15-19-36)57-51-49(59-48)30-37(35-16-12-10-13-17-35)31-50(51)60-52-44-32-40(56(7,8)9)24-29-47(44)61-53(52)57/h10-34H,1-9H3. The van der Waals surface area contributed by atoms with Crippen LogP contribution in [0.25, 0.3) is 32.3 Å². The maximum atomic E-state index is 2.56. The van der Waals surface area contributed by atoms with Gasteiger partial charge >= 0.3 is 0 Å². The molecule has 0 amide bonds. The molecule has 0 aliphatic carbocycles. The molecule has 0 radical (unpaired) electrons. The Balaban J connectivity index is 1.24. The van der Waals surface area contributed by atoms with Gasteiger partial charge in [-0.25, -0.2) is 0 Å². The third-order valence-electron chi connectivity index (χ3n) is 12.5. The molecule has 7 aromatic carbocycles. The Morgan fingerprint density at radius 2 is 0.984 bits per heavy atom. The van der Waals surface area contributed by atoms with Gasteiger partial charge in [0.2, 0.25) is 0 Å². The first kappa shape index (κ1) is 40.2. The summed E-state index contributed by atoms with van der Waals surface area (Å²) in [5, 5.41) is 1.39. The minimum Gasteiger partial charge on any atom is -0.310 e. The first-order valence-corrected chi connectivity index (χ1v) is 24.0. The van der Waals surface area contributed by atoms with Crippen LogP contribution < -0.4 is 20.6 Å². The van der Waals surface area contributed by atoms with Crippen LogP contribution >= 0.6 is 34.9 Å². The number of thiophene rings is 1. The molecule has 1 nitrogen and oxygen atoms in total. The number of benzene rings is 7. The minimum absolute atomic E-state index is 0.0538. The van der Waals surface area contributed by atoms with Crippen LogP contribution in [0.15, 0.2) is 171 Å². The predicted octanol–water partition coefficient (Wildman–Crippen LogP) is 15.0. The third-order valence-corrected chi connectivity index (χ3v) is 16.2. The van der Waals surface area contributed by atoms with Gasteiger partial charge in [0.25, 0.3) is 6.71 Å². The van der Waals surface area contributed by atoms with Crippen LogP contribution in [-0.4, -0.2) is 6.71 Å². The van der Waals surface area contributed by atoms with Crippen LogP contribution in [0, 0.1) is 0 Å². The van der Waals surface area contributed by atoms with Gasteiger partial charge in [-0.1, -0.05) is 188 Å². The Morgan fingerprint density at radius 1 is 0.459 bits per heavy atom. The second-order valence-corrected chi connectivity index (χ2v) is 23.1. The number of hydrogen-bond donors (Lipinski definition) is 0. The zero-order chi connectivity index (χ0) is 42.4. The van der Waals surface area contributed by atoms with E-state index in [4.69, 9.17) is 0 Å². The number of fused-ring (bicyclic) bond motifs is 6. The van der Waals surface area contributed by atoms with Crippen LogP contribution in [0.2, 0.25) is 0 Å². The number of nitrogens with zero attached hydrogens (tertiary/aromatic N) is 1. The summed E-state index contributed by atoms with van der Waals surface area (Å²) in [5.74, 6) is 0. The van der Waals surface area contributed by atoms with Gasteiger partial charge in [-0.15, -0.1) is 11.3 Å². The quantitative estimate of drug-likeness (QED) is 0.159. The van der Waals surface area contributed by atoms with E-state index in [2.05, 4.69) is 219 Å². The van der Waals surface area contributed by atoms with Crippen molar-refractivity contribution in [3.05, 3.63) is 168 Å². The molecule has 302 valence electrons. The van der Waals surface area contributed by atoms with E-state index >= 15 is 0 Å². The summed E-state index contributed by atoms with van der Waals surface area (Å²) in [4.78, 5) is 7.96. The lowest BCUT2D eigenvalue weighted by Gasteiger charge is -2.35. The second-order valence-electron chi connectivity index (χ2n) is 19.8. The maximum absolute atomic E-state index is 2.56. The van der Waals surface area contributed by atoms with Gasteiger partial charge in [0.05, 0.1) is 5.69 Å². The average Bonchev–Trinajstić information content (AvgIpc) is 3.61. The van der Waals surface area contributed by atoms with E-state index in [1.165, 1.54) is 90.0 Å². The molecule has 0 N–H and O–H groups in total. The van der Waals surface area contributed by atoms with Gasteiger partial charge in [-0.3, -0.25) is 0 Å². The Labute approximate surface area is 375 Å². The fraction of sp³-hybridized carbons (Fsp3) is 0.214. The maximum Gasteiger partial charge on any atom is 0.259 e. The molecule has 3 heterocycles. The zero-order valence-corrected chi connectivity index (χ0v) is 39.1. The molecule has 8 aromatic rings. The molecular weight excluding hydrogens is 794 g/mol. The van der Waals surface area contributed by atoms with E-state index < -0.39 is 0 Å². The summed E-state index contributed by atoms with van der Waals surface area (Å²) < 4.78 is 2.83. The minimum atomic E-state index is 0.0538. The summed E-state index contributed by atoms with van der Waals surface area (Å²) in [6, 6.07) is 57.8. The predicted molar refractivity (Wildman–Crippen MR) is 269 cm³/mol. The van der Waals surface area contributed by atoms with Crippen molar-refractivity contribution in [2.75, 3.05) is 4.90 Å². The smallest absolute Gasteiger partial charge is 0.259 e. The Hall–Kier alpha value is -4.94. The molecule has 0 saturated heterocycles. The van der Waals surface area contributed by atoms with Gasteiger partial charge in [0.15, 0.2) is 0 Å². The van der Waals surface area contributed by atoms with Crippen molar-refractivity contribution in [2.45, 2.75) is 98.1 Å². The largest absolute Gasteiger partial charge is 0.310 e. The molecule has 0 spiro atoms. The van der Waals surface area contributed by atoms with Crippen LogP contribution in [0.1, 0.15) is 79.0 Å². The Morgan fingerprint density at radius 3 is 1.54 bits per heavy atom. The summed E-state index contributed by atoms with van der Waals surface area (Å²) in [7, 11) is 0. The third kappa shape index (κ3) is 7.27. The van der Waals surface area contributed by atoms with E-state index in [0.717, 1.165) is 11.4 Å². The van der Waals surface area contributed by atoms with E-state index in [1.807, 2.05) is 34.9 Å². The first-order valence-electron chi connectivity index (χ1n) is 21.5. The van der Waals surface area contributed by atoms with Gasteiger partial charge in [0, 0.05) is 46.6 Å². The number of hydrogen-bond acceptors (Lipinski definition) is 4. The van der Waals surface area contributed by atoms with E-state index in [-0.39, 0.29) is 23.0 Å². The molecule has 1 aromatic heterocycles. The van der Waals surface area contributed by atoms with Gasteiger partial charge in [0.1, 0.15) is 0 Å². The van der Waals surface area contributed by atoms with Crippen LogP contribution in [-0.2, 0) is 16.2 Å². The molecule has 5 heteroatoms. The Bertz CT molecular complexity index is 2890. The molecule has 2 aliphatic heterocycles. The van der Waals surface area contributed by atoms with Crippen LogP contribution in [0.4, 0.5) is 17.1 Å². The normalized spacial score (nSPS) is 13.5. The lowest BCUT2D eigenvalue weighted by molar-refractivity contribution is 0.590. The highest BCUT2D eigenvalue weighted by Gasteiger charge is 2.41. The zero-order valence-electron chi connectivity index (χ0n) is 36.7. The highest BCUT2D eigenvalue weighted by atomic mass is 32.2. The van der Waals surface area contributed by atoms with Gasteiger partial charge in [-0.2, -0.15) is 0 Å². The SMILES string of the molecule is CC(C)(C)c1ccc(N(c2ccc(C(C)(C)C)cc2)c2cc3c(cc2-c2ccccc2)B2c4sc5ccc(C(C)(C)C)cc5c4Sc4cc(-c5ccccc5)cc(c42)S3)cc1. The fourth-order valence-electron chi connectivity index (χ4n) is 8.95. The van der Waals surface area contributed by atoms with Crippen LogP contribution in [0.3, 0.4) is 0 Å². The van der Waals surface area contributed by atoms with Crippen molar-refractivity contribution >= 4 is 84.4 Å². The summed E-state index contributed by atoms with van der Waals surface area (Å²) in [6.45, 7) is 20.9. The lowest BCUT2D eigenvalue weighted by Crippen LogP contribution is -2.57. The first-order chi connectivity index (χ1) is 29.1. The number of rotatable bonds is 5. The topological polar surface area (TPSA) is 3.24 Å². The van der Waals surface area contributed by atoms with E-state index in [0.29, 0.717) is 0 Å². The average molecular weight is 846 g/mol. The summed E-state index contributed by atoms with van der Waals surface area (Å²) in [6.07, 6.45) is 0. The molecular formula is C56H52BNS3. The second kappa shape index (κ2) is 14.9.